The van der Waals surface area contributed by atoms with E-state index in [1.807, 2.05) is 6.92 Å². The van der Waals surface area contributed by atoms with Gasteiger partial charge in [-0.3, -0.25) is 4.79 Å². The van der Waals surface area contributed by atoms with Gasteiger partial charge in [0.15, 0.2) is 11.5 Å². The fourth-order valence-corrected chi connectivity index (χ4v) is 2.44. The maximum Gasteiger partial charge on any atom is 0.251 e. The molecule has 0 aliphatic heterocycles. The van der Waals surface area contributed by atoms with Crippen LogP contribution in [0.1, 0.15) is 35.3 Å². The zero-order valence-corrected chi connectivity index (χ0v) is 14.5. The summed E-state index contributed by atoms with van der Waals surface area (Å²) < 4.78 is 23.7. The number of ether oxygens (including phenoxy) is 2. The van der Waals surface area contributed by atoms with E-state index in [0.29, 0.717) is 23.7 Å². The number of carboxylic acid groups (broad SMARTS) is 1. The van der Waals surface area contributed by atoms with E-state index in [9.17, 15) is 19.1 Å². The highest BCUT2D eigenvalue weighted by Crippen LogP contribution is 2.31. The summed E-state index contributed by atoms with van der Waals surface area (Å²) in [6.45, 7) is 2.27. The fraction of sp³-hybridized carbons (Fsp3) is 0.263. The number of carboxylic acids is 1. The topological polar surface area (TPSA) is 87.7 Å². The van der Waals surface area contributed by atoms with Gasteiger partial charge in [0.05, 0.1) is 19.8 Å². The molecular formula is C19H19FNO5-. The van der Waals surface area contributed by atoms with Crippen LogP contribution in [0.15, 0.2) is 42.5 Å². The molecule has 0 aliphatic carbocycles. The Kier molecular flexibility index (Phi) is 6.54. The lowest BCUT2D eigenvalue weighted by molar-refractivity contribution is -0.306. The number of benzene rings is 2. The van der Waals surface area contributed by atoms with Crippen LogP contribution in [-0.4, -0.2) is 25.6 Å². The molecule has 0 saturated heterocycles. The summed E-state index contributed by atoms with van der Waals surface area (Å²) in [6, 6.07) is 8.99. The van der Waals surface area contributed by atoms with Crippen LogP contribution in [0.3, 0.4) is 0 Å². The minimum Gasteiger partial charge on any atom is -0.550 e. The first kappa shape index (κ1) is 19.2. The van der Waals surface area contributed by atoms with Gasteiger partial charge in [0.1, 0.15) is 5.82 Å². The minimum absolute atomic E-state index is 0.215. The van der Waals surface area contributed by atoms with Crippen molar-refractivity contribution >= 4 is 11.9 Å². The number of hydrogen-bond acceptors (Lipinski definition) is 5. The van der Waals surface area contributed by atoms with Gasteiger partial charge in [-0.1, -0.05) is 6.07 Å². The summed E-state index contributed by atoms with van der Waals surface area (Å²) in [5.74, 6) is -1.38. The van der Waals surface area contributed by atoms with Crippen molar-refractivity contribution in [1.82, 2.24) is 5.32 Å². The molecule has 0 bridgehead atoms. The molecule has 0 saturated carbocycles. The number of aliphatic carboxylic acids is 1. The highest BCUT2D eigenvalue weighted by atomic mass is 19.1. The Labute approximate surface area is 150 Å². The number of halogens is 1. The van der Waals surface area contributed by atoms with E-state index < -0.39 is 30.2 Å². The van der Waals surface area contributed by atoms with E-state index >= 15 is 0 Å². The Bertz CT molecular complexity index is 776. The van der Waals surface area contributed by atoms with Crippen molar-refractivity contribution in [2.45, 2.75) is 19.4 Å². The van der Waals surface area contributed by atoms with Gasteiger partial charge in [-0.15, -0.1) is 0 Å². The maximum absolute atomic E-state index is 13.0. The molecule has 138 valence electrons. The van der Waals surface area contributed by atoms with Crippen molar-refractivity contribution in [1.29, 1.82) is 0 Å². The smallest absolute Gasteiger partial charge is 0.251 e. The third-order valence-electron chi connectivity index (χ3n) is 3.67. The number of nitrogens with one attached hydrogen (secondary N) is 1. The first-order valence-electron chi connectivity index (χ1n) is 8.01. The van der Waals surface area contributed by atoms with Gasteiger partial charge in [0.2, 0.25) is 0 Å². The Balaban J connectivity index is 2.27. The quantitative estimate of drug-likeness (QED) is 0.776. The lowest BCUT2D eigenvalue weighted by atomic mass is 10.0. The molecule has 0 fully saturated rings. The van der Waals surface area contributed by atoms with Crippen LogP contribution >= 0.6 is 0 Å². The molecule has 26 heavy (non-hydrogen) atoms. The normalized spacial score (nSPS) is 11.5. The molecule has 0 aliphatic rings. The van der Waals surface area contributed by atoms with Crippen molar-refractivity contribution in [3.63, 3.8) is 0 Å². The summed E-state index contributed by atoms with van der Waals surface area (Å²) in [5, 5.41) is 13.7. The van der Waals surface area contributed by atoms with Crippen LogP contribution < -0.4 is 19.9 Å². The fourth-order valence-electron chi connectivity index (χ4n) is 2.44. The molecule has 1 amide bonds. The molecule has 2 aromatic carbocycles. The molecule has 2 aromatic rings. The Morgan fingerprint density at radius 3 is 2.42 bits per heavy atom. The van der Waals surface area contributed by atoms with E-state index in [1.54, 1.807) is 18.2 Å². The molecule has 2 rings (SSSR count). The number of carbonyl (C=O) groups is 2. The molecule has 0 heterocycles. The minimum atomic E-state index is -1.32. The first-order valence-corrected chi connectivity index (χ1v) is 8.01. The van der Waals surface area contributed by atoms with Crippen LogP contribution in [-0.2, 0) is 4.79 Å². The molecule has 0 aromatic heterocycles. The number of rotatable bonds is 8. The number of amides is 1. The van der Waals surface area contributed by atoms with Gasteiger partial charge >= 0.3 is 0 Å². The van der Waals surface area contributed by atoms with Crippen molar-refractivity contribution < 1.29 is 28.6 Å². The summed E-state index contributed by atoms with van der Waals surface area (Å²) >= 11 is 0. The maximum atomic E-state index is 13.0. The van der Waals surface area contributed by atoms with Crippen molar-refractivity contribution in [2.75, 3.05) is 13.7 Å². The largest absolute Gasteiger partial charge is 0.550 e. The number of carbonyl (C=O) groups excluding carboxylic acids is 2. The van der Waals surface area contributed by atoms with Crippen LogP contribution in [0.2, 0.25) is 0 Å². The van der Waals surface area contributed by atoms with Gasteiger partial charge < -0.3 is 24.7 Å². The van der Waals surface area contributed by atoms with Crippen LogP contribution in [0.5, 0.6) is 11.5 Å². The molecule has 1 unspecified atom stereocenters. The Morgan fingerprint density at radius 2 is 1.85 bits per heavy atom. The zero-order chi connectivity index (χ0) is 19.1. The second-order valence-electron chi connectivity index (χ2n) is 5.45. The summed E-state index contributed by atoms with van der Waals surface area (Å²) in [5.41, 5.74) is 0.734. The van der Waals surface area contributed by atoms with Gasteiger partial charge in [0.25, 0.3) is 5.91 Å². The van der Waals surface area contributed by atoms with E-state index in [0.717, 1.165) is 12.1 Å². The first-order chi connectivity index (χ1) is 12.4. The highest BCUT2D eigenvalue weighted by molar-refractivity contribution is 5.94. The average molecular weight is 360 g/mol. The van der Waals surface area contributed by atoms with E-state index in [2.05, 4.69) is 5.32 Å². The Morgan fingerprint density at radius 1 is 1.15 bits per heavy atom. The lowest BCUT2D eigenvalue weighted by Crippen LogP contribution is -2.34. The molecule has 0 radical (unpaired) electrons. The number of hydrogen-bond donors (Lipinski definition) is 1. The summed E-state index contributed by atoms with van der Waals surface area (Å²) in [7, 11) is 1.46. The van der Waals surface area contributed by atoms with E-state index in [1.165, 1.54) is 19.2 Å². The predicted molar refractivity (Wildman–Crippen MR) is 90.4 cm³/mol. The SMILES string of the molecule is CCOc1ccc(C(CC(=O)[O-])NC(=O)c2ccc(F)cc2)cc1OC. The molecule has 1 atom stereocenters. The third kappa shape index (κ3) is 4.95. The third-order valence-corrected chi connectivity index (χ3v) is 3.67. The lowest BCUT2D eigenvalue weighted by Gasteiger charge is -2.21. The average Bonchev–Trinajstić information content (AvgIpc) is 2.62. The van der Waals surface area contributed by atoms with E-state index in [-0.39, 0.29) is 5.56 Å². The molecular weight excluding hydrogens is 341 g/mol. The molecule has 0 spiro atoms. The van der Waals surface area contributed by atoms with Gasteiger partial charge in [0, 0.05) is 18.0 Å². The highest BCUT2D eigenvalue weighted by Gasteiger charge is 2.18. The number of methoxy groups -OCH3 is 1. The van der Waals surface area contributed by atoms with Crippen molar-refractivity contribution in [2.24, 2.45) is 0 Å². The second-order valence-corrected chi connectivity index (χ2v) is 5.45. The van der Waals surface area contributed by atoms with Gasteiger partial charge in [-0.25, -0.2) is 4.39 Å². The predicted octanol–water partition coefficient (Wildman–Crippen LogP) is 1.84. The van der Waals surface area contributed by atoms with Gasteiger partial charge in [-0.05, 0) is 48.9 Å². The zero-order valence-electron chi connectivity index (χ0n) is 14.5. The van der Waals surface area contributed by atoms with Crippen LogP contribution in [0, 0.1) is 5.82 Å². The molecule has 7 heteroatoms. The van der Waals surface area contributed by atoms with Gasteiger partial charge in [-0.2, -0.15) is 0 Å². The summed E-state index contributed by atoms with van der Waals surface area (Å²) in [6.07, 6.45) is -0.427. The van der Waals surface area contributed by atoms with Crippen molar-refractivity contribution in [3.8, 4) is 11.5 Å². The monoisotopic (exact) mass is 360 g/mol. The molecule has 6 nitrogen and oxygen atoms in total. The molecule has 1 N–H and O–H groups in total. The van der Waals surface area contributed by atoms with Crippen LogP contribution in [0.25, 0.3) is 0 Å². The second kappa shape index (κ2) is 8.84. The van der Waals surface area contributed by atoms with Crippen molar-refractivity contribution in [3.05, 3.63) is 59.4 Å². The standard InChI is InChI=1S/C19H20FNO5/c1-3-26-16-9-6-13(10-17(16)25-2)15(11-18(22)23)21-19(24)12-4-7-14(20)8-5-12/h4-10,15H,3,11H2,1-2H3,(H,21,24)(H,22,23)/p-1. The van der Waals surface area contributed by atoms with E-state index in [4.69, 9.17) is 9.47 Å². The Hall–Kier alpha value is -3.09. The summed E-state index contributed by atoms with van der Waals surface area (Å²) in [4.78, 5) is 23.4. The van der Waals surface area contributed by atoms with Crippen LogP contribution in [0.4, 0.5) is 4.39 Å².